The van der Waals surface area contributed by atoms with Crippen molar-refractivity contribution >= 4 is 35.0 Å². The van der Waals surface area contributed by atoms with E-state index >= 15 is 0 Å². The van der Waals surface area contributed by atoms with Crippen LogP contribution in [0.25, 0.3) is 0 Å². The molecule has 0 fully saturated rings. The lowest BCUT2D eigenvalue weighted by Gasteiger charge is -2.09. The van der Waals surface area contributed by atoms with Crippen LogP contribution in [-0.2, 0) is 9.59 Å². The highest BCUT2D eigenvalue weighted by Gasteiger charge is 2.10. The molecule has 8 heteroatoms. The van der Waals surface area contributed by atoms with Gasteiger partial charge < -0.3 is 10.6 Å². The third-order valence-corrected chi connectivity index (χ3v) is 3.83. The fourth-order valence-corrected chi connectivity index (χ4v) is 2.72. The summed E-state index contributed by atoms with van der Waals surface area (Å²) in [5.74, 6) is -1.33. The summed E-state index contributed by atoms with van der Waals surface area (Å²) in [7, 11) is 0. The molecule has 2 amide bonds. The van der Waals surface area contributed by atoms with Gasteiger partial charge in [-0.1, -0.05) is 18.3 Å². The van der Waals surface area contributed by atoms with Crippen molar-refractivity contribution in [2.24, 2.45) is 0 Å². The standard InChI is InChI=1S/C17H17FN4O2S/c1-4-15(23)22-14-8-12(5-6-13(14)18)21-16(24)9-25-17-19-10(2)7-11(3)20-17/h4-8H,1,9H2,2-3H3,(H,21,24)(H,22,23). The average molecular weight is 360 g/mol. The molecule has 0 spiro atoms. The molecule has 0 unspecified atom stereocenters. The van der Waals surface area contributed by atoms with E-state index in [9.17, 15) is 14.0 Å². The zero-order valence-corrected chi connectivity index (χ0v) is 14.6. The van der Waals surface area contributed by atoms with E-state index in [4.69, 9.17) is 0 Å². The number of amides is 2. The molecule has 1 aromatic carbocycles. The Hall–Kier alpha value is -2.74. The number of rotatable bonds is 6. The summed E-state index contributed by atoms with van der Waals surface area (Å²) in [5.41, 5.74) is 1.99. The first-order valence-electron chi connectivity index (χ1n) is 7.35. The van der Waals surface area contributed by atoms with Gasteiger partial charge in [0.05, 0.1) is 11.4 Å². The second-order valence-corrected chi connectivity index (χ2v) is 6.10. The minimum absolute atomic E-state index is 0.0343. The van der Waals surface area contributed by atoms with Crippen molar-refractivity contribution in [2.45, 2.75) is 19.0 Å². The van der Waals surface area contributed by atoms with Gasteiger partial charge in [0.25, 0.3) is 0 Å². The number of aryl methyl sites for hydroxylation is 2. The van der Waals surface area contributed by atoms with Crippen molar-refractivity contribution in [3.05, 3.63) is 54.1 Å². The fourth-order valence-electron chi connectivity index (χ4n) is 1.97. The molecule has 0 saturated carbocycles. The highest BCUT2D eigenvalue weighted by molar-refractivity contribution is 7.99. The molecule has 0 radical (unpaired) electrons. The molecule has 0 aliphatic rings. The highest BCUT2D eigenvalue weighted by atomic mass is 32.2. The zero-order chi connectivity index (χ0) is 18.4. The van der Waals surface area contributed by atoms with Crippen LogP contribution in [-0.4, -0.2) is 27.5 Å². The van der Waals surface area contributed by atoms with Crippen molar-refractivity contribution < 1.29 is 14.0 Å². The first kappa shape index (κ1) is 18.6. The Labute approximate surface area is 149 Å². The van der Waals surface area contributed by atoms with E-state index in [0.717, 1.165) is 23.5 Å². The third-order valence-electron chi connectivity index (χ3n) is 2.99. The SMILES string of the molecule is C=CC(=O)Nc1cc(NC(=O)CSc2nc(C)cc(C)n2)ccc1F. The predicted octanol–water partition coefficient (Wildman–Crippen LogP) is 3.09. The molecule has 0 aliphatic carbocycles. The van der Waals surface area contributed by atoms with Gasteiger partial charge >= 0.3 is 0 Å². The molecule has 2 N–H and O–H groups in total. The van der Waals surface area contributed by atoms with Crippen molar-refractivity contribution in [3.8, 4) is 0 Å². The van der Waals surface area contributed by atoms with Crippen LogP contribution >= 0.6 is 11.8 Å². The highest BCUT2D eigenvalue weighted by Crippen LogP contribution is 2.20. The second-order valence-electron chi connectivity index (χ2n) is 5.16. The summed E-state index contributed by atoms with van der Waals surface area (Å²) in [6.07, 6.45) is 1.03. The Bertz CT molecular complexity index is 806. The summed E-state index contributed by atoms with van der Waals surface area (Å²) < 4.78 is 13.7. The lowest BCUT2D eigenvalue weighted by atomic mass is 10.2. The Kier molecular flexibility index (Phi) is 6.24. The maximum Gasteiger partial charge on any atom is 0.247 e. The van der Waals surface area contributed by atoms with Gasteiger partial charge in [0.1, 0.15) is 5.82 Å². The van der Waals surface area contributed by atoms with Crippen molar-refractivity contribution in [2.75, 3.05) is 16.4 Å². The van der Waals surface area contributed by atoms with Crippen LogP contribution in [0.5, 0.6) is 0 Å². The molecule has 1 heterocycles. The monoisotopic (exact) mass is 360 g/mol. The number of nitrogens with one attached hydrogen (secondary N) is 2. The molecule has 2 aromatic rings. The minimum Gasteiger partial charge on any atom is -0.325 e. The number of halogens is 1. The summed E-state index contributed by atoms with van der Waals surface area (Å²) >= 11 is 1.21. The Morgan fingerprint density at radius 2 is 1.88 bits per heavy atom. The molecule has 25 heavy (non-hydrogen) atoms. The number of hydrogen-bond donors (Lipinski definition) is 2. The lowest BCUT2D eigenvalue weighted by molar-refractivity contribution is -0.114. The molecule has 0 bridgehead atoms. The molecule has 0 aliphatic heterocycles. The van der Waals surface area contributed by atoms with Crippen LogP contribution in [0.2, 0.25) is 0 Å². The Balaban J connectivity index is 1.99. The number of hydrogen-bond acceptors (Lipinski definition) is 5. The van der Waals surface area contributed by atoms with Crippen molar-refractivity contribution in [1.29, 1.82) is 0 Å². The first-order chi connectivity index (χ1) is 11.9. The molecule has 130 valence electrons. The van der Waals surface area contributed by atoms with E-state index in [-0.39, 0.29) is 17.3 Å². The predicted molar refractivity (Wildman–Crippen MR) is 96.1 cm³/mol. The number of benzene rings is 1. The fraction of sp³-hybridized carbons (Fsp3) is 0.176. The van der Waals surface area contributed by atoms with Crippen LogP contribution in [0.3, 0.4) is 0 Å². The molecule has 6 nitrogen and oxygen atoms in total. The average Bonchev–Trinajstić information content (AvgIpc) is 2.55. The number of carbonyl (C=O) groups excluding carboxylic acids is 2. The van der Waals surface area contributed by atoms with Gasteiger partial charge in [-0.25, -0.2) is 14.4 Å². The van der Waals surface area contributed by atoms with Crippen LogP contribution in [0, 0.1) is 19.7 Å². The normalized spacial score (nSPS) is 10.2. The molecule has 2 rings (SSSR count). The van der Waals surface area contributed by atoms with E-state index < -0.39 is 11.7 Å². The number of nitrogens with zero attached hydrogens (tertiary/aromatic N) is 2. The largest absolute Gasteiger partial charge is 0.325 e. The van der Waals surface area contributed by atoms with Gasteiger partial charge in [-0.05, 0) is 44.2 Å². The molecule has 0 atom stereocenters. The molecule has 1 aromatic heterocycles. The summed E-state index contributed by atoms with van der Waals surface area (Å²) in [5, 5.41) is 5.50. The number of aromatic nitrogens is 2. The molecular formula is C17H17FN4O2S. The van der Waals surface area contributed by atoms with Crippen LogP contribution in [0.15, 0.2) is 42.1 Å². The summed E-state index contributed by atoms with van der Waals surface area (Å²) in [4.78, 5) is 31.8. The van der Waals surface area contributed by atoms with E-state index in [1.54, 1.807) is 0 Å². The van der Waals surface area contributed by atoms with Gasteiger partial charge in [0.15, 0.2) is 5.16 Å². The van der Waals surface area contributed by atoms with E-state index in [2.05, 4.69) is 27.2 Å². The Morgan fingerprint density at radius 1 is 1.20 bits per heavy atom. The zero-order valence-electron chi connectivity index (χ0n) is 13.8. The topological polar surface area (TPSA) is 84.0 Å². The van der Waals surface area contributed by atoms with E-state index in [1.807, 2.05) is 19.9 Å². The lowest BCUT2D eigenvalue weighted by Crippen LogP contribution is -2.15. The number of anilines is 2. The van der Waals surface area contributed by atoms with Crippen LogP contribution < -0.4 is 10.6 Å². The van der Waals surface area contributed by atoms with Gasteiger partial charge in [-0.15, -0.1) is 0 Å². The third kappa shape index (κ3) is 5.68. The van der Waals surface area contributed by atoms with Gasteiger partial charge in [0, 0.05) is 17.1 Å². The van der Waals surface area contributed by atoms with E-state index in [1.165, 1.54) is 23.9 Å². The first-order valence-corrected chi connectivity index (χ1v) is 8.34. The Morgan fingerprint density at radius 3 is 2.52 bits per heavy atom. The minimum atomic E-state index is -0.605. The quantitative estimate of drug-likeness (QED) is 0.470. The molecular weight excluding hydrogens is 343 g/mol. The number of carbonyl (C=O) groups is 2. The van der Waals surface area contributed by atoms with Crippen LogP contribution in [0.4, 0.5) is 15.8 Å². The maximum absolute atomic E-state index is 13.7. The smallest absolute Gasteiger partial charge is 0.247 e. The van der Waals surface area contributed by atoms with Crippen molar-refractivity contribution in [3.63, 3.8) is 0 Å². The van der Waals surface area contributed by atoms with Gasteiger partial charge in [0.2, 0.25) is 11.8 Å². The van der Waals surface area contributed by atoms with Gasteiger partial charge in [-0.2, -0.15) is 0 Å². The summed E-state index contributed by atoms with van der Waals surface area (Å²) in [6.45, 7) is 7.02. The van der Waals surface area contributed by atoms with Gasteiger partial charge in [-0.3, -0.25) is 9.59 Å². The number of thioether (sulfide) groups is 1. The van der Waals surface area contributed by atoms with Crippen molar-refractivity contribution in [1.82, 2.24) is 9.97 Å². The second kappa shape index (κ2) is 8.39. The molecule has 0 saturated heterocycles. The van der Waals surface area contributed by atoms with E-state index in [0.29, 0.717) is 10.8 Å². The maximum atomic E-state index is 13.7. The summed E-state index contributed by atoms with van der Waals surface area (Å²) in [6, 6.07) is 5.76. The van der Waals surface area contributed by atoms with Crippen LogP contribution in [0.1, 0.15) is 11.4 Å².